The first kappa shape index (κ1) is 20.6. The summed E-state index contributed by atoms with van der Waals surface area (Å²) in [5, 5.41) is 10.7. The first-order valence-electron chi connectivity index (χ1n) is 10.6. The number of aliphatic hydroxyl groups is 1. The predicted octanol–water partition coefficient (Wildman–Crippen LogP) is 3.84. The topological polar surface area (TPSA) is 76.6 Å². The molecule has 2 N–H and O–H groups in total. The van der Waals surface area contributed by atoms with Crippen molar-refractivity contribution in [2.24, 2.45) is 0 Å². The van der Waals surface area contributed by atoms with Crippen LogP contribution in [0.1, 0.15) is 38.3 Å². The lowest BCUT2D eigenvalue weighted by molar-refractivity contribution is -0.00635. The fourth-order valence-electron chi connectivity index (χ4n) is 5.10. The number of likely N-dealkylation sites (tertiary alicyclic amines) is 1. The number of hydrogen-bond donors (Lipinski definition) is 2. The van der Waals surface area contributed by atoms with Crippen molar-refractivity contribution in [3.05, 3.63) is 54.0 Å². The number of aliphatic hydroxyl groups excluding tert-OH is 1. The van der Waals surface area contributed by atoms with E-state index in [0.717, 1.165) is 22.1 Å². The van der Waals surface area contributed by atoms with Gasteiger partial charge < -0.3 is 10.1 Å². The molecule has 1 aromatic heterocycles. The molecule has 0 saturated carbocycles. The Hall–Kier alpha value is -2.26. The molecule has 1 fully saturated rings. The Labute approximate surface area is 181 Å². The van der Waals surface area contributed by atoms with Gasteiger partial charge in [-0.25, -0.2) is 12.8 Å². The van der Waals surface area contributed by atoms with Gasteiger partial charge >= 0.3 is 0 Å². The molecule has 3 heterocycles. The number of aromatic amines is 1. The van der Waals surface area contributed by atoms with Crippen LogP contribution in [0.3, 0.4) is 0 Å². The summed E-state index contributed by atoms with van der Waals surface area (Å²) in [6.07, 6.45) is 2.72. The van der Waals surface area contributed by atoms with Crippen molar-refractivity contribution in [2.45, 2.75) is 49.9 Å². The van der Waals surface area contributed by atoms with Crippen molar-refractivity contribution in [3.63, 3.8) is 0 Å². The van der Waals surface area contributed by atoms with Crippen molar-refractivity contribution in [1.29, 1.82) is 0 Å². The van der Waals surface area contributed by atoms with Gasteiger partial charge in [0.25, 0.3) is 0 Å². The molecule has 164 valence electrons. The zero-order valence-electron chi connectivity index (χ0n) is 17.5. The number of rotatable bonds is 3. The zero-order chi connectivity index (χ0) is 21.9. The standard InChI is InChI=1S/C23H26FN3O3S/c1-14-20-11-16(21-13-25-22-12-17(24)4-5-19(21)22)3-6-23(20)31(29,30)27(14)18-7-9-26(10-8-18)15(2)28/h3-6,11-15,18,25,28H,7-10H2,1-2H3. The molecule has 2 aliphatic heterocycles. The Morgan fingerprint density at radius 1 is 1.16 bits per heavy atom. The van der Waals surface area contributed by atoms with Gasteiger partial charge in [-0.15, -0.1) is 0 Å². The SMILES string of the molecule is CC(O)N1CCC(N2C(C)c3cc(-c4c[nH]c5cc(F)ccc45)ccc3S2(=O)=O)CC1. The smallest absolute Gasteiger partial charge is 0.244 e. The summed E-state index contributed by atoms with van der Waals surface area (Å²) in [4.78, 5) is 5.44. The summed E-state index contributed by atoms with van der Waals surface area (Å²) in [6, 6.07) is 9.77. The Kier molecular flexibility index (Phi) is 4.93. The highest BCUT2D eigenvalue weighted by atomic mass is 32.2. The van der Waals surface area contributed by atoms with Gasteiger partial charge in [0, 0.05) is 47.8 Å². The van der Waals surface area contributed by atoms with E-state index in [-0.39, 0.29) is 17.9 Å². The van der Waals surface area contributed by atoms with Crippen LogP contribution in [0.15, 0.2) is 47.5 Å². The van der Waals surface area contributed by atoms with Crippen LogP contribution in [0.2, 0.25) is 0 Å². The molecular formula is C23H26FN3O3S. The van der Waals surface area contributed by atoms with Crippen LogP contribution in [-0.4, -0.2) is 53.1 Å². The number of benzene rings is 2. The van der Waals surface area contributed by atoms with E-state index < -0.39 is 16.3 Å². The summed E-state index contributed by atoms with van der Waals surface area (Å²) in [6.45, 7) is 5.04. The van der Waals surface area contributed by atoms with Gasteiger partial charge in [-0.1, -0.05) is 6.07 Å². The van der Waals surface area contributed by atoms with Crippen molar-refractivity contribution in [1.82, 2.24) is 14.2 Å². The maximum Gasteiger partial charge on any atom is 0.244 e. The molecule has 2 aliphatic rings. The van der Waals surface area contributed by atoms with E-state index in [1.807, 2.05) is 30.2 Å². The Morgan fingerprint density at radius 2 is 1.90 bits per heavy atom. The van der Waals surface area contributed by atoms with Gasteiger partial charge in [-0.3, -0.25) is 4.90 Å². The van der Waals surface area contributed by atoms with E-state index >= 15 is 0 Å². The fourth-order valence-corrected chi connectivity index (χ4v) is 7.23. The van der Waals surface area contributed by atoms with Crippen molar-refractivity contribution in [2.75, 3.05) is 13.1 Å². The third kappa shape index (κ3) is 3.29. The fraction of sp³-hybridized carbons (Fsp3) is 0.391. The highest BCUT2D eigenvalue weighted by Crippen LogP contribution is 2.44. The molecule has 2 atom stereocenters. The predicted molar refractivity (Wildman–Crippen MR) is 117 cm³/mol. The van der Waals surface area contributed by atoms with Gasteiger partial charge in [0.05, 0.1) is 4.90 Å². The second kappa shape index (κ2) is 7.41. The first-order chi connectivity index (χ1) is 14.8. The normalized spacial score (nSPS) is 23.3. The molecule has 8 heteroatoms. The van der Waals surface area contributed by atoms with Gasteiger partial charge in [0.1, 0.15) is 12.0 Å². The number of halogens is 1. The average Bonchev–Trinajstić information content (AvgIpc) is 3.24. The Balaban J connectivity index is 1.49. The number of aromatic nitrogens is 1. The lowest BCUT2D eigenvalue weighted by Crippen LogP contribution is -2.48. The van der Waals surface area contributed by atoms with Gasteiger partial charge in [0.2, 0.25) is 10.0 Å². The van der Waals surface area contributed by atoms with E-state index in [1.165, 1.54) is 12.1 Å². The molecular weight excluding hydrogens is 417 g/mol. The molecule has 0 aliphatic carbocycles. The zero-order valence-corrected chi connectivity index (χ0v) is 18.4. The minimum absolute atomic E-state index is 0.0816. The first-order valence-corrected chi connectivity index (χ1v) is 12.1. The van der Waals surface area contributed by atoms with Gasteiger partial charge in [-0.05, 0) is 68.1 Å². The number of nitrogens with one attached hydrogen (secondary N) is 1. The quantitative estimate of drug-likeness (QED) is 0.645. The summed E-state index contributed by atoms with van der Waals surface area (Å²) in [5.74, 6) is -0.299. The molecule has 5 rings (SSSR count). The molecule has 0 amide bonds. The Morgan fingerprint density at radius 3 is 2.61 bits per heavy atom. The molecule has 0 spiro atoms. The minimum atomic E-state index is -3.57. The molecule has 6 nitrogen and oxygen atoms in total. The van der Waals surface area contributed by atoms with Crippen LogP contribution in [0.25, 0.3) is 22.0 Å². The number of hydrogen-bond acceptors (Lipinski definition) is 4. The summed E-state index contributed by atoms with van der Waals surface area (Å²) in [5.41, 5.74) is 3.34. The van der Waals surface area contributed by atoms with Crippen LogP contribution >= 0.6 is 0 Å². The van der Waals surface area contributed by atoms with Crippen LogP contribution in [0.5, 0.6) is 0 Å². The maximum absolute atomic E-state index is 13.5. The molecule has 1 saturated heterocycles. The molecule has 3 aromatic rings. The number of nitrogens with zero attached hydrogens (tertiary/aromatic N) is 2. The third-order valence-electron chi connectivity index (χ3n) is 6.74. The van der Waals surface area contributed by atoms with Crippen molar-refractivity contribution in [3.8, 4) is 11.1 Å². The van der Waals surface area contributed by atoms with E-state index in [4.69, 9.17) is 0 Å². The molecule has 0 bridgehead atoms. The van der Waals surface area contributed by atoms with Crippen LogP contribution in [0.4, 0.5) is 4.39 Å². The second-order valence-corrected chi connectivity index (χ2v) is 10.4. The van der Waals surface area contributed by atoms with Crippen molar-refractivity contribution < 1.29 is 17.9 Å². The molecule has 2 aromatic carbocycles. The highest BCUT2D eigenvalue weighted by Gasteiger charge is 2.45. The van der Waals surface area contributed by atoms with E-state index in [1.54, 1.807) is 23.4 Å². The summed E-state index contributed by atoms with van der Waals surface area (Å²) >= 11 is 0. The number of H-pyrrole nitrogens is 1. The van der Waals surface area contributed by atoms with E-state index in [9.17, 15) is 17.9 Å². The summed E-state index contributed by atoms with van der Waals surface area (Å²) in [7, 11) is -3.57. The average molecular weight is 444 g/mol. The van der Waals surface area contributed by atoms with E-state index in [0.29, 0.717) is 36.3 Å². The lowest BCUT2D eigenvalue weighted by atomic mass is 9.98. The van der Waals surface area contributed by atoms with Crippen LogP contribution < -0.4 is 0 Å². The summed E-state index contributed by atoms with van der Waals surface area (Å²) < 4.78 is 41.9. The highest BCUT2D eigenvalue weighted by molar-refractivity contribution is 7.89. The molecule has 0 radical (unpaired) electrons. The van der Waals surface area contributed by atoms with Gasteiger partial charge in [-0.2, -0.15) is 4.31 Å². The Bertz CT molecular complexity index is 1250. The monoisotopic (exact) mass is 443 g/mol. The second-order valence-electron chi connectivity index (χ2n) is 8.55. The molecule has 2 unspecified atom stereocenters. The van der Waals surface area contributed by atoms with E-state index in [2.05, 4.69) is 4.98 Å². The lowest BCUT2D eigenvalue weighted by Gasteiger charge is -2.38. The number of fused-ring (bicyclic) bond motifs is 2. The van der Waals surface area contributed by atoms with Crippen LogP contribution in [-0.2, 0) is 10.0 Å². The number of piperidine rings is 1. The van der Waals surface area contributed by atoms with Crippen molar-refractivity contribution >= 4 is 20.9 Å². The third-order valence-corrected chi connectivity index (χ3v) is 8.84. The minimum Gasteiger partial charge on any atom is -0.379 e. The maximum atomic E-state index is 13.5. The number of sulfonamides is 1. The van der Waals surface area contributed by atoms with Crippen LogP contribution in [0, 0.1) is 5.82 Å². The van der Waals surface area contributed by atoms with Gasteiger partial charge in [0.15, 0.2) is 0 Å². The molecule has 31 heavy (non-hydrogen) atoms. The largest absolute Gasteiger partial charge is 0.379 e.